The van der Waals surface area contributed by atoms with Crippen LogP contribution in [0.5, 0.6) is 5.75 Å². The van der Waals surface area contributed by atoms with Crippen LogP contribution in [-0.4, -0.2) is 13.7 Å². The molecule has 0 spiro atoms. The summed E-state index contributed by atoms with van der Waals surface area (Å²) in [5.74, 6) is 0.902. The molecule has 106 valence electrons. The Balaban J connectivity index is 0.00000147. The zero-order chi connectivity index (χ0) is 13.1. The molecule has 0 radical (unpaired) electrons. The molecule has 2 nitrogen and oxygen atoms in total. The fraction of sp³-hybridized carbons (Fsp3) is 0.294. The minimum absolute atomic E-state index is 0. The summed E-state index contributed by atoms with van der Waals surface area (Å²) in [5.41, 5.74) is 3.83. The predicted octanol–water partition coefficient (Wildman–Crippen LogP) is 4.21. The van der Waals surface area contributed by atoms with Gasteiger partial charge in [-0.1, -0.05) is 36.4 Å². The minimum Gasteiger partial charge on any atom is -0.497 e. The van der Waals surface area contributed by atoms with Crippen LogP contribution in [0, 0.1) is 0 Å². The average Bonchev–Trinajstić information content (AvgIpc) is 3.02. The minimum atomic E-state index is 0. The van der Waals surface area contributed by atoms with Gasteiger partial charge in [-0.2, -0.15) is 0 Å². The van der Waals surface area contributed by atoms with Crippen molar-refractivity contribution in [1.29, 1.82) is 0 Å². The van der Waals surface area contributed by atoms with Gasteiger partial charge < -0.3 is 10.1 Å². The van der Waals surface area contributed by atoms with Gasteiger partial charge in [0.2, 0.25) is 0 Å². The molecule has 1 aliphatic rings. The molecule has 1 N–H and O–H groups in total. The molecule has 0 aromatic heterocycles. The lowest BCUT2D eigenvalue weighted by molar-refractivity contribution is 0.415. The fourth-order valence-corrected chi connectivity index (χ4v) is 2.68. The highest BCUT2D eigenvalue weighted by Crippen LogP contribution is 2.27. The maximum atomic E-state index is 5.27. The van der Waals surface area contributed by atoms with E-state index in [0.29, 0.717) is 6.04 Å². The summed E-state index contributed by atoms with van der Waals surface area (Å²) in [6.45, 7) is 1.14. The molecular formula is C17H20ClNO. The molecule has 20 heavy (non-hydrogen) atoms. The highest BCUT2D eigenvalue weighted by atomic mass is 35.5. The third-order valence-corrected chi connectivity index (χ3v) is 3.78. The van der Waals surface area contributed by atoms with Gasteiger partial charge >= 0.3 is 0 Å². The highest BCUT2D eigenvalue weighted by Gasteiger charge is 2.15. The van der Waals surface area contributed by atoms with Crippen LogP contribution in [0.1, 0.15) is 24.4 Å². The quantitative estimate of drug-likeness (QED) is 0.914. The van der Waals surface area contributed by atoms with E-state index in [-0.39, 0.29) is 12.4 Å². The average molecular weight is 290 g/mol. The van der Waals surface area contributed by atoms with Gasteiger partial charge in [0.25, 0.3) is 0 Å². The van der Waals surface area contributed by atoms with Crippen LogP contribution in [0.25, 0.3) is 11.1 Å². The Morgan fingerprint density at radius 3 is 2.50 bits per heavy atom. The topological polar surface area (TPSA) is 21.3 Å². The Morgan fingerprint density at radius 2 is 1.85 bits per heavy atom. The number of hydrogen-bond donors (Lipinski definition) is 1. The molecule has 3 rings (SSSR count). The molecule has 1 unspecified atom stereocenters. The smallest absolute Gasteiger partial charge is 0.119 e. The third kappa shape index (κ3) is 3.14. The Hall–Kier alpha value is -1.51. The molecule has 0 amide bonds. The molecule has 2 aromatic carbocycles. The van der Waals surface area contributed by atoms with Crippen LogP contribution in [0.2, 0.25) is 0 Å². The van der Waals surface area contributed by atoms with Gasteiger partial charge in [-0.3, -0.25) is 0 Å². The maximum Gasteiger partial charge on any atom is 0.119 e. The summed E-state index contributed by atoms with van der Waals surface area (Å²) in [6, 6.07) is 17.6. The van der Waals surface area contributed by atoms with Crippen molar-refractivity contribution in [2.75, 3.05) is 13.7 Å². The molecule has 0 bridgehead atoms. The first-order valence-corrected chi connectivity index (χ1v) is 6.84. The first-order chi connectivity index (χ1) is 9.36. The van der Waals surface area contributed by atoms with Crippen molar-refractivity contribution < 1.29 is 4.74 Å². The number of rotatable bonds is 3. The zero-order valence-electron chi connectivity index (χ0n) is 11.6. The van der Waals surface area contributed by atoms with Crippen LogP contribution in [0.3, 0.4) is 0 Å². The van der Waals surface area contributed by atoms with Gasteiger partial charge in [0.15, 0.2) is 0 Å². The van der Waals surface area contributed by atoms with E-state index < -0.39 is 0 Å². The zero-order valence-corrected chi connectivity index (χ0v) is 12.5. The first kappa shape index (κ1) is 14.9. The van der Waals surface area contributed by atoms with E-state index in [1.807, 2.05) is 12.1 Å². The van der Waals surface area contributed by atoms with Crippen molar-refractivity contribution in [1.82, 2.24) is 5.32 Å². The van der Waals surface area contributed by atoms with Crippen LogP contribution < -0.4 is 10.1 Å². The van der Waals surface area contributed by atoms with Crippen molar-refractivity contribution in [3.63, 3.8) is 0 Å². The molecule has 0 saturated carbocycles. The van der Waals surface area contributed by atoms with Gasteiger partial charge in [-0.25, -0.2) is 0 Å². The lowest BCUT2D eigenvalue weighted by Gasteiger charge is -2.11. The Kier molecular flexibility index (Phi) is 5.05. The summed E-state index contributed by atoms with van der Waals surface area (Å²) < 4.78 is 5.27. The molecule has 2 aromatic rings. The van der Waals surface area contributed by atoms with Crippen LogP contribution in [-0.2, 0) is 0 Å². The monoisotopic (exact) mass is 289 g/mol. The number of benzene rings is 2. The van der Waals surface area contributed by atoms with Crippen molar-refractivity contribution >= 4 is 12.4 Å². The molecule has 3 heteroatoms. The standard InChI is InChI=1S/C17H19NO.ClH/c1-19-16-5-2-4-15(12-16)13-7-9-14(10-8-13)17-6-3-11-18-17;/h2,4-5,7-10,12,17-18H,3,6,11H2,1H3;1H. The van der Waals surface area contributed by atoms with E-state index >= 15 is 0 Å². The number of methoxy groups -OCH3 is 1. The van der Waals surface area contributed by atoms with E-state index in [1.165, 1.54) is 29.5 Å². The molecule has 1 aliphatic heterocycles. The Labute approximate surface area is 126 Å². The van der Waals surface area contributed by atoms with Gasteiger partial charge in [0, 0.05) is 6.04 Å². The van der Waals surface area contributed by atoms with E-state index in [9.17, 15) is 0 Å². The Morgan fingerprint density at radius 1 is 1.05 bits per heavy atom. The summed E-state index contributed by atoms with van der Waals surface area (Å²) in [6.07, 6.45) is 2.53. The molecular weight excluding hydrogens is 270 g/mol. The number of hydrogen-bond acceptors (Lipinski definition) is 2. The van der Waals surface area contributed by atoms with E-state index in [2.05, 4.69) is 41.7 Å². The van der Waals surface area contributed by atoms with E-state index in [1.54, 1.807) is 7.11 Å². The molecule has 1 atom stereocenters. The van der Waals surface area contributed by atoms with Crippen molar-refractivity contribution in [2.24, 2.45) is 0 Å². The van der Waals surface area contributed by atoms with Crippen LogP contribution in [0.4, 0.5) is 0 Å². The Bertz CT molecular complexity index is 547. The second-order valence-electron chi connectivity index (χ2n) is 5.00. The first-order valence-electron chi connectivity index (χ1n) is 6.84. The lowest BCUT2D eigenvalue weighted by Crippen LogP contribution is -2.12. The van der Waals surface area contributed by atoms with Gasteiger partial charge in [0.1, 0.15) is 5.75 Å². The SMILES string of the molecule is COc1cccc(-c2ccc(C3CCCN3)cc2)c1.Cl. The number of nitrogens with one attached hydrogen (secondary N) is 1. The highest BCUT2D eigenvalue weighted by molar-refractivity contribution is 5.85. The van der Waals surface area contributed by atoms with E-state index in [0.717, 1.165) is 12.3 Å². The summed E-state index contributed by atoms with van der Waals surface area (Å²) in [7, 11) is 1.70. The predicted molar refractivity (Wildman–Crippen MR) is 85.7 cm³/mol. The van der Waals surface area contributed by atoms with Crippen molar-refractivity contribution in [3.8, 4) is 16.9 Å². The van der Waals surface area contributed by atoms with Gasteiger partial charge in [-0.15, -0.1) is 12.4 Å². The molecule has 0 aliphatic carbocycles. The lowest BCUT2D eigenvalue weighted by atomic mass is 10.00. The fourth-order valence-electron chi connectivity index (χ4n) is 2.68. The number of halogens is 1. The summed E-state index contributed by atoms with van der Waals surface area (Å²) in [4.78, 5) is 0. The van der Waals surface area contributed by atoms with Crippen molar-refractivity contribution in [2.45, 2.75) is 18.9 Å². The second kappa shape index (κ2) is 6.78. The van der Waals surface area contributed by atoms with Crippen molar-refractivity contribution in [3.05, 3.63) is 54.1 Å². The van der Waals surface area contributed by atoms with Crippen LogP contribution >= 0.6 is 12.4 Å². The second-order valence-corrected chi connectivity index (χ2v) is 5.00. The van der Waals surface area contributed by atoms with Gasteiger partial charge in [0.05, 0.1) is 7.11 Å². The normalized spacial score (nSPS) is 17.6. The maximum absolute atomic E-state index is 5.27. The molecule has 1 fully saturated rings. The molecule has 1 saturated heterocycles. The summed E-state index contributed by atoms with van der Waals surface area (Å²) in [5, 5.41) is 3.53. The molecule has 1 heterocycles. The van der Waals surface area contributed by atoms with Crippen LogP contribution in [0.15, 0.2) is 48.5 Å². The summed E-state index contributed by atoms with van der Waals surface area (Å²) >= 11 is 0. The largest absolute Gasteiger partial charge is 0.497 e. The number of ether oxygens (including phenoxy) is 1. The van der Waals surface area contributed by atoms with E-state index in [4.69, 9.17) is 4.74 Å². The van der Waals surface area contributed by atoms with Gasteiger partial charge in [-0.05, 0) is 48.2 Å². The third-order valence-electron chi connectivity index (χ3n) is 3.78.